The van der Waals surface area contributed by atoms with Gasteiger partial charge in [-0.25, -0.2) is 0 Å². The summed E-state index contributed by atoms with van der Waals surface area (Å²) in [6.45, 7) is 0. The zero-order valence-corrected chi connectivity index (χ0v) is 5.95. The van der Waals surface area contributed by atoms with Gasteiger partial charge in [-0.1, -0.05) is 30.2 Å². The number of terminal acetylenes is 1. The Kier molecular flexibility index (Phi) is 1.82. The number of carboxylic acid groups (broad SMARTS) is 1. The molecule has 1 atom stereocenters. The first-order chi connectivity index (χ1) is 5.21. The van der Waals surface area contributed by atoms with Crippen LogP contribution in [0.5, 0.6) is 0 Å². The molecule has 0 amide bonds. The Morgan fingerprint density at radius 1 is 1.64 bits per heavy atom. The fraction of sp³-hybridized carbons (Fsp3) is 0.222. The van der Waals surface area contributed by atoms with Crippen LogP contribution in [-0.4, -0.2) is 11.1 Å². The van der Waals surface area contributed by atoms with Crippen molar-refractivity contribution in [3.63, 3.8) is 0 Å². The van der Waals surface area contributed by atoms with E-state index in [2.05, 4.69) is 5.92 Å². The molecule has 1 aliphatic rings. The van der Waals surface area contributed by atoms with Gasteiger partial charge in [-0.3, -0.25) is 4.79 Å². The van der Waals surface area contributed by atoms with E-state index in [9.17, 15) is 4.79 Å². The van der Waals surface area contributed by atoms with E-state index in [1.54, 1.807) is 18.2 Å². The Morgan fingerprint density at radius 2 is 2.36 bits per heavy atom. The molecule has 0 saturated heterocycles. The lowest BCUT2D eigenvalue weighted by molar-refractivity contribution is -0.143. The lowest BCUT2D eigenvalue weighted by Crippen LogP contribution is -2.27. The summed E-state index contributed by atoms with van der Waals surface area (Å²) in [4.78, 5) is 10.7. The summed E-state index contributed by atoms with van der Waals surface area (Å²) in [6, 6.07) is 0. The zero-order valence-electron chi connectivity index (χ0n) is 5.95. The molecular formula is C9H8O2. The van der Waals surface area contributed by atoms with Gasteiger partial charge in [0.2, 0.25) is 0 Å². The predicted molar refractivity (Wildman–Crippen MR) is 41.8 cm³/mol. The van der Waals surface area contributed by atoms with Crippen LogP contribution in [-0.2, 0) is 4.79 Å². The van der Waals surface area contributed by atoms with Crippen molar-refractivity contribution in [2.75, 3.05) is 0 Å². The highest BCUT2D eigenvalue weighted by Crippen LogP contribution is 2.26. The molecule has 1 unspecified atom stereocenters. The lowest BCUT2D eigenvalue weighted by Gasteiger charge is -2.18. The second kappa shape index (κ2) is 2.63. The predicted octanol–water partition coefficient (Wildman–Crippen LogP) is 1.21. The monoisotopic (exact) mass is 148 g/mol. The van der Waals surface area contributed by atoms with Gasteiger partial charge in [-0.05, 0) is 6.42 Å². The van der Waals surface area contributed by atoms with Crippen molar-refractivity contribution < 1.29 is 9.90 Å². The summed E-state index contributed by atoms with van der Waals surface area (Å²) < 4.78 is 0. The fourth-order valence-electron chi connectivity index (χ4n) is 0.948. The maximum Gasteiger partial charge on any atom is 0.326 e. The van der Waals surface area contributed by atoms with Crippen molar-refractivity contribution in [3.8, 4) is 12.3 Å². The number of allylic oxidation sites excluding steroid dienone is 3. The first kappa shape index (κ1) is 7.62. The van der Waals surface area contributed by atoms with Crippen LogP contribution < -0.4 is 0 Å². The molecular weight excluding hydrogens is 140 g/mol. The van der Waals surface area contributed by atoms with E-state index in [1.807, 2.05) is 0 Å². The lowest BCUT2D eigenvalue weighted by atomic mass is 9.83. The van der Waals surface area contributed by atoms with E-state index in [0.717, 1.165) is 0 Å². The number of carbonyl (C=O) groups is 1. The molecule has 0 aromatic rings. The summed E-state index contributed by atoms with van der Waals surface area (Å²) >= 11 is 0. The molecule has 2 nitrogen and oxygen atoms in total. The van der Waals surface area contributed by atoms with Crippen molar-refractivity contribution >= 4 is 5.97 Å². The van der Waals surface area contributed by atoms with Crippen molar-refractivity contribution in [2.24, 2.45) is 5.41 Å². The highest BCUT2D eigenvalue weighted by molar-refractivity contribution is 5.81. The van der Waals surface area contributed by atoms with Crippen LogP contribution >= 0.6 is 0 Å². The molecule has 0 aromatic heterocycles. The van der Waals surface area contributed by atoms with Gasteiger partial charge in [-0.15, -0.1) is 6.42 Å². The molecule has 2 heteroatoms. The number of rotatable bonds is 1. The first-order valence-corrected chi connectivity index (χ1v) is 3.27. The van der Waals surface area contributed by atoms with Gasteiger partial charge >= 0.3 is 5.97 Å². The average molecular weight is 148 g/mol. The van der Waals surface area contributed by atoms with E-state index in [4.69, 9.17) is 11.5 Å². The van der Waals surface area contributed by atoms with Gasteiger partial charge in [0.25, 0.3) is 0 Å². The molecule has 1 N–H and O–H groups in total. The van der Waals surface area contributed by atoms with Gasteiger partial charge < -0.3 is 5.11 Å². The number of hydrogen-bond acceptors (Lipinski definition) is 1. The van der Waals surface area contributed by atoms with E-state index in [0.29, 0.717) is 6.42 Å². The molecule has 56 valence electrons. The molecule has 0 bridgehead atoms. The Labute approximate surface area is 65.2 Å². The summed E-state index contributed by atoms with van der Waals surface area (Å²) in [5, 5.41) is 8.76. The number of aliphatic carboxylic acids is 1. The van der Waals surface area contributed by atoms with Crippen molar-refractivity contribution in [2.45, 2.75) is 6.42 Å². The molecule has 0 aliphatic heterocycles. The molecule has 0 saturated carbocycles. The summed E-state index contributed by atoms with van der Waals surface area (Å²) in [5.41, 5.74) is -1.10. The van der Waals surface area contributed by atoms with E-state index < -0.39 is 11.4 Å². The van der Waals surface area contributed by atoms with E-state index in [-0.39, 0.29) is 0 Å². The van der Waals surface area contributed by atoms with Gasteiger partial charge in [0.15, 0.2) is 0 Å². The normalized spacial score (nSPS) is 27.9. The minimum absolute atomic E-state index is 0.384. The highest BCUT2D eigenvalue weighted by atomic mass is 16.4. The summed E-state index contributed by atoms with van der Waals surface area (Å²) in [6.07, 6.45) is 12.3. The van der Waals surface area contributed by atoms with Crippen LogP contribution in [0, 0.1) is 17.8 Å². The minimum Gasteiger partial charge on any atom is -0.480 e. The SMILES string of the molecule is C#CC1(C(=O)O)C=CC=CC1. The molecule has 0 heterocycles. The Balaban J connectivity index is 2.97. The van der Waals surface area contributed by atoms with Crippen LogP contribution in [0.25, 0.3) is 0 Å². The van der Waals surface area contributed by atoms with E-state index >= 15 is 0 Å². The standard InChI is InChI=1S/C9H8O2/c1-2-9(8(10)11)6-4-3-5-7-9/h1,3-6H,7H2,(H,10,11). The smallest absolute Gasteiger partial charge is 0.326 e. The van der Waals surface area contributed by atoms with Crippen LogP contribution in [0.1, 0.15) is 6.42 Å². The molecule has 1 rings (SSSR count). The van der Waals surface area contributed by atoms with Crippen molar-refractivity contribution in [3.05, 3.63) is 24.3 Å². The molecule has 1 aliphatic carbocycles. The van der Waals surface area contributed by atoms with Crippen molar-refractivity contribution in [1.82, 2.24) is 0 Å². The highest BCUT2D eigenvalue weighted by Gasteiger charge is 2.32. The third kappa shape index (κ3) is 1.18. The molecule has 0 fully saturated rings. The number of carboxylic acids is 1. The quantitative estimate of drug-likeness (QED) is 0.567. The maximum atomic E-state index is 10.7. The second-order valence-electron chi connectivity index (χ2n) is 2.41. The van der Waals surface area contributed by atoms with Crippen LogP contribution in [0.15, 0.2) is 24.3 Å². The molecule has 0 radical (unpaired) electrons. The van der Waals surface area contributed by atoms with Gasteiger partial charge in [0.1, 0.15) is 5.41 Å². The van der Waals surface area contributed by atoms with Gasteiger partial charge in [0.05, 0.1) is 0 Å². The largest absolute Gasteiger partial charge is 0.480 e. The Morgan fingerprint density at radius 3 is 2.64 bits per heavy atom. The zero-order chi connectivity index (χ0) is 8.32. The second-order valence-corrected chi connectivity index (χ2v) is 2.41. The Bertz CT molecular complexity index is 268. The van der Waals surface area contributed by atoms with Crippen LogP contribution in [0.2, 0.25) is 0 Å². The summed E-state index contributed by atoms with van der Waals surface area (Å²) in [5.74, 6) is 1.32. The first-order valence-electron chi connectivity index (χ1n) is 3.27. The van der Waals surface area contributed by atoms with Gasteiger partial charge in [-0.2, -0.15) is 0 Å². The Hall–Kier alpha value is -1.49. The topological polar surface area (TPSA) is 37.3 Å². The van der Waals surface area contributed by atoms with E-state index in [1.165, 1.54) is 6.08 Å². The van der Waals surface area contributed by atoms with Crippen LogP contribution in [0.3, 0.4) is 0 Å². The fourth-order valence-corrected chi connectivity index (χ4v) is 0.948. The van der Waals surface area contributed by atoms with Crippen LogP contribution in [0.4, 0.5) is 0 Å². The van der Waals surface area contributed by atoms with Gasteiger partial charge in [0, 0.05) is 0 Å². The third-order valence-corrected chi connectivity index (χ3v) is 1.71. The minimum atomic E-state index is -1.10. The van der Waals surface area contributed by atoms with Crippen molar-refractivity contribution in [1.29, 1.82) is 0 Å². The molecule has 11 heavy (non-hydrogen) atoms. The molecule has 0 aromatic carbocycles. The summed E-state index contributed by atoms with van der Waals surface area (Å²) in [7, 11) is 0. The number of hydrogen-bond donors (Lipinski definition) is 1. The third-order valence-electron chi connectivity index (χ3n) is 1.71. The average Bonchev–Trinajstić information content (AvgIpc) is 2.05. The maximum absolute atomic E-state index is 10.7. The molecule has 0 spiro atoms.